The maximum atomic E-state index is 5.73. The molecule has 5 heteroatoms. The summed E-state index contributed by atoms with van der Waals surface area (Å²) in [6.07, 6.45) is 2.62. The summed E-state index contributed by atoms with van der Waals surface area (Å²) in [7, 11) is 0. The number of anilines is 1. The lowest BCUT2D eigenvalue weighted by Gasteiger charge is -2.33. The normalized spacial score (nSPS) is 19.8. The third-order valence-electron chi connectivity index (χ3n) is 3.61. The van der Waals surface area contributed by atoms with Gasteiger partial charge in [0.05, 0.1) is 11.8 Å². The molecule has 1 unspecified atom stereocenters. The summed E-state index contributed by atoms with van der Waals surface area (Å²) < 4.78 is 5.73. The van der Waals surface area contributed by atoms with Gasteiger partial charge < -0.3 is 15.0 Å². The molecule has 1 fully saturated rings. The second-order valence-corrected chi connectivity index (χ2v) is 6.65. The standard InChI is InChI=1S/C16H28N4O/c1-5-21-14-7-6-10-20(12-14)15-9-8-13(18-19-15)11-17-16(2,3)4/h8-9,14,17H,5-7,10-12H2,1-4H3. The van der Waals surface area contributed by atoms with Crippen LogP contribution in [0.3, 0.4) is 0 Å². The van der Waals surface area contributed by atoms with Crippen LogP contribution in [0.25, 0.3) is 0 Å². The van der Waals surface area contributed by atoms with Crippen molar-refractivity contribution in [1.29, 1.82) is 0 Å². The van der Waals surface area contributed by atoms with E-state index in [2.05, 4.69) is 60.2 Å². The molecule has 1 saturated heterocycles. The van der Waals surface area contributed by atoms with E-state index >= 15 is 0 Å². The Balaban J connectivity index is 1.92. The van der Waals surface area contributed by atoms with E-state index in [4.69, 9.17) is 4.74 Å². The van der Waals surface area contributed by atoms with Crippen molar-refractivity contribution >= 4 is 5.82 Å². The Kier molecular flexibility index (Phi) is 5.53. The molecule has 0 amide bonds. The lowest BCUT2D eigenvalue weighted by molar-refractivity contribution is 0.0525. The molecular formula is C16H28N4O. The minimum Gasteiger partial charge on any atom is -0.377 e. The van der Waals surface area contributed by atoms with E-state index in [0.717, 1.165) is 50.6 Å². The predicted octanol–water partition coefficient (Wildman–Crippen LogP) is 2.37. The van der Waals surface area contributed by atoms with Crippen molar-refractivity contribution in [3.8, 4) is 0 Å². The van der Waals surface area contributed by atoms with Gasteiger partial charge >= 0.3 is 0 Å². The summed E-state index contributed by atoms with van der Waals surface area (Å²) in [5.41, 5.74) is 1.07. The van der Waals surface area contributed by atoms with Gasteiger partial charge in [-0.05, 0) is 52.7 Å². The highest BCUT2D eigenvalue weighted by Gasteiger charge is 2.21. The molecule has 1 aromatic heterocycles. The van der Waals surface area contributed by atoms with Crippen LogP contribution in [-0.4, -0.2) is 41.5 Å². The van der Waals surface area contributed by atoms with Crippen molar-refractivity contribution in [2.75, 3.05) is 24.6 Å². The van der Waals surface area contributed by atoms with Crippen LogP contribution in [0.5, 0.6) is 0 Å². The molecule has 0 aliphatic carbocycles. The zero-order valence-corrected chi connectivity index (χ0v) is 13.7. The number of piperidine rings is 1. The van der Waals surface area contributed by atoms with Gasteiger partial charge in [0.15, 0.2) is 5.82 Å². The van der Waals surface area contributed by atoms with Crippen molar-refractivity contribution < 1.29 is 4.74 Å². The fraction of sp³-hybridized carbons (Fsp3) is 0.750. The maximum Gasteiger partial charge on any atom is 0.151 e. The fourth-order valence-electron chi connectivity index (χ4n) is 2.49. The molecule has 1 aromatic rings. The number of ether oxygens (including phenoxy) is 1. The second-order valence-electron chi connectivity index (χ2n) is 6.65. The first-order valence-electron chi connectivity index (χ1n) is 7.92. The summed E-state index contributed by atoms with van der Waals surface area (Å²) in [5, 5.41) is 12.1. The van der Waals surface area contributed by atoms with Crippen LogP contribution in [0.4, 0.5) is 5.82 Å². The average molecular weight is 292 g/mol. The monoisotopic (exact) mass is 292 g/mol. The average Bonchev–Trinajstić information content (AvgIpc) is 2.46. The molecule has 0 radical (unpaired) electrons. The summed E-state index contributed by atoms with van der Waals surface area (Å²) in [5.74, 6) is 0.957. The van der Waals surface area contributed by atoms with Gasteiger partial charge in [0, 0.05) is 31.8 Å². The van der Waals surface area contributed by atoms with E-state index < -0.39 is 0 Å². The quantitative estimate of drug-likeness (QED) is 0.903. The van der Waals surface area contributed by atoms with Gasteiger partial charge in [0.1, 0.15) is 0 Å². The number of nitrogens with one attached hydrogen (secondary N) is 1. The predicted molar refractivity (Wildman–Crippen MR) is 85.5 cm³/mol. The minimum atomic E-state index is 0.0952. The molecule has 2 rings (SSSR count). The van der Waals surface area contributed by atoms with Gasteiger partial charge in [-0.2, -0.15) is 5.10 Å². The van der Waals surface area contributed by atoms with Crippen molar-refractivity contribution in [3.05, 3.63) is 17.8 Å². The number of rotatable bonds is 5. The molecular weight excluding hydrogens is 264 g/mol. The van der Waals surface area contributed by atoms with Crippen molar-refractivity contribution in [3.63, 3.8) is 0 Å². The third-order valence-corrected chi connectivity index (χ3v) is 3.61. The van der Waals surface area contributed by atoms with Gasteiger partial charge in [-0.15, -0.1) is 5.10 Å². The highest BCUT2D eigenvalue weighted by molar-refractivity contribution is 5.38. The number of aromatic nitrogens is 2. The van der Waals surface area contributed by atoms with E-state index in [1.54, 1.807) is 0 Å². The zero-order valence-electron chi connectivity index (χ0n) is 13.7. The highest BCUT2D eigenvalue weighted by Crippen LogP contribution is 2.19. The van der Waals surface area contributed by atoms with Crippen LogP contribution in [0.2, 0.25) is 0 Å². The molecule has 21 heavy (non-hydrogen) atoms. The summed E-state index contributed by atoms with van der Waals surface area (Å²) in [6.45, 7) is 12.0. The molecule has 1 aliphatic rings. The minimum absolute atomic E-state index is 0.0952. The Labute approximate surface area is 128 Å². The van der Waals surface area contributed by atoms with Crippen LogP contribution in [0.15, 0.2) is 12.1 Å². The molecule has 0 spiro atoms. The molecule has 2 heterocycles. The molecule has 1 atom stereocenters. The van der Waals surface area contributed by atoms with Gasteiger partial charge in [-0.1, -0.05) is 0 Å². The smallest absolute Gasteiger partial charge is 0.151 e. The lowest BCUT2D eigenvalue weighted by atomic mass is 10.1. The van der Waals surface area contributed by atoms with Gasteiger partial charge in [0.2, 0.25) is 0 Å². The van der Waals surface area contributed by atoms with Crippen LogP contribution in [-0.2, 0) is 11.3 Å². The Hall–Kier alpha value is -1.20. The molecule has 0 aromatic carbocycles. The number of nitrogens with zero attached hydrogens (tertiary/aromatic N) is 3. The van der Waals surface area contributed by atoms with E-state index in [9.17, 15) is 0 Å². The molecule has 5 nitrogen and oxygen atoms in total. The second kappa shape index (κ2) is 7.18. The van der Waals surface area contributed by atoms with Gasteiger partial charge in [-0.25, -0.2) is 0 Å². The van der Waals surface area contributed by atoms with Crippen LogP contribution in [0, 0.1) is 0 Å². The molecule has 0 saturated carbocycles. The lowest BCUT2D eigenvalue weighted by Crippen LogP contribution is -2.40. The first-order chi connectivity index (χ1) is 9.98. The van der Waals surface area contributed by atoms with Crippen molar-refractivity contribution in [1.82, 2.24) is 15.5 Å². The molecule has 1 N–H and O–H groups in total. The summed E-state index contributed by atoms with van der Waals surface area (Å²) in [6, 6.07) is 4.13. The van der Waals surface area contributed by atoms with Gasteiger partial charge in [0.25, 0.3) is 0 Å². The Bertz CT molecular complexity index is 425. The topological polar surface area (TPSA) is 50.3 Å². The van der Waals surface area contributed by atoms with E-state index in [1.807, 2.05) is 0 Å². The van der Waals surface area contributed by atoms with Gasteiger partial charge in [-0.3, -0.25) is 0 Å². The Morgan fingerprint density at radius 2 is 2.14 bits per heavy atom. The zero-order chi connectivity index (χ0) is 15.3. The first kappa shape index (κ1) is 16.2. The van der Waals surface area contributed by atoms with Crippen LogP contribution in [0.1, 0.15) is 46.2 Å². The largest absolute Gasteiger partial charge is 0.377 e. The van der Waals surface area contributed by atoms with E-state index in [0.29, 0.717) is 6.10 Å². The van der Waals surface area contributed by atoms with E-state index in [-0.39, 0.29) is 5.54 Å². The van der Waals surface area contributed by atoms with Crippen LogP contribution >= 0.6 is 0 Å². The summed E-state index contributed by atoms with van der Waals surface area (Å²) in [4.78, 5) is 2.28. The molecule has 0 bridgehead atoms. The molecule has 118 valence electrons. The maximum absolute atomic E-state index is 5.73. The molecule has 1 aliphatic heterocycles. The number of hydrogen-bond acceptors (Lipinski definition) is 5. The highest BCUT2D eigenvalue weighted by atomic mass is 16.5. The third kappa shape index (κ3) is 5.25. The SMILES string of the molecule is CCOC1CCCN(c2ccc(CNC(C)(C)C)nn2)C1. The first-order valence-corrected chi connectivity index (χ1v) is 7.92. The van der Waals surface area contributed by atoms with Crippen LogP contribution < -0.4 is 10.2 Å². The van der Waals surface area contributed by atoms with Crippen molar-refractivity contribution in [2.45, 2.75) is 58.7 Å². The Morgan fingerprint density at radius 1 is 1.33 bits per heavy atom. The van der Waals surface area contributed by atoms with E-state index in [1.165, 1.54) is 0 Å². The summed E-state index contributed by atoms with van der Waals surface area (Å²) >= 11 is 0. The Morgan fingerprint density at radius 3 is 2.76 bits per heavy atom. The fourth-order valence-corrected chi connectivity index (χ4v) is 2.49. The van der Waals surface area contributed by atoms with Crippen molar-refractivity contribution in [2.24, 2.45) is 0 Å². The number of hydrogen-bond donors (Lipinski definition) is 1.